The Morgan fingerprint density at radius 2 is 1.96 bits per heavy atom. The number of benzene rings is 1. The Morgan fingerprint density at radius 1 is 1.20 bits per heavy atom. The molecule has 0 aliphatic carbocycles. The molecule has 0 aliphatic heterocycles. The van der Waals surface area contributed by atoms with Crippen LogP contribution in [0.4, 0.5) is 5.69 Å². The second-order valence-electron chi connectivity index (χ2n) is 5.49. The van der Waals surface area contributed by atoms with Gasteiger partial charge >= 0.3 is 11.8 Å². The third-order valence-corrected chi connectivity index (χ3v) is 4.88. The normalized spacial score (nSPS) is 11.6. The molecule has 1 unspecified atom stereocenters. The topological polar surface area (TPSA) is 67.4 Å². The van der Waals surface area contributed by atoms with Gasteiger partial charge in [0.1, 0.15) is 5.75 Å². The van der Waals surface area contributed by atoms with Crippen LogP contribution in [0, 0.1) is 0 Å². The molecule has 1 atom stereocenters. The van der Waals surface area contributed by atoms with E-state index in [1.165, 1.54) is 11.3 Å². The summed E-state index contributed by atoms with van der Waals surface area (Å²) in [6, 6.07) is 10.3. The Hall–Kier alpha value is -2.05. The van der Waals surface area contributed by atoms with E-state index in [9.17, 15) is 9.59 Å². The molecule has 0 spiro atoms. The highest BCUT2D eigenvalue weighted by molar-refractivity contribution is 7.16. The van der Waals surface area contributed by atoms with Crippen molar-refractivity contribution >= 4 is 40.4 Å². The van der Waals surface area contributed by atoms with Crippen molar-refractivity contribution < 1.29 is 14.3 Å². The predicted molar refractivity (Wildman–Crippen MR) is 101 cm³/mol. The number of hydrogen-bond donors (Lipinski definition) is 2. The first-order chi connectivity index (χ1) is 12.0. The van der Waals surface area contributed by atoms with E-state index in [0.29, 0.717) is 22.4 Å². The molecule has 2 aromatic rings. The smallest absolute Gasteiger partial charge is 0.313 e. The summed E-state index contributed by atoms with van der Waals surface area (Å²) in [7, 11) is 0. The number of para-hydroxylation sites is 2. The molecule has 0 fully saturated rings. The number of thiophene rings is 1. The maximum absolute atomic E-state index is 12.2. The van der Waals surface area contributed by atoms with E-state index in [1.54, 1.807) is 31.2 Å². The first kappa shape index (κ1) is 19.3. The molecular weight excluding hydrogens is 360 g/mol. The van der Waals surface area contributed by atoms with E-state index in [0.717, 1.165) is 17.7 Å². The Morgan fingerprint density at radius 3 is 2.64 bits per heavy atom. The quantitative estimate of drug-likeness (QED) is 0.552. The van der Waals surface area contributed by atoms with Gasteiger partial charge in [0.15, 0.2) is 0 Å². The molecule has 2 N–H and O–H groups in total. The van der Waals surface area contributed by atoms with Crippen molar-refractivity contribution in [3.63, 3.8) is 0 Å². The van der Waals surface area contributed by atoms with Crippen molar-refractivity contribution in [2.45, 2.75) is 32.7 Å². The van der Waals surface area contributed by atoms with Crippen LogP contribution in [0.25, 0.3) is 0 Å². The summed E-state index contributed by atoms with van der Waals surface area (Å²) in [5.41, 5.74) is 0.477. The van der Waals surface area contributed by atoms with Crippen LogP contribution < -0.4 is 15.4 Å². The Labute approximate surface area is 156 Å². The van der Waals surface area contributed by atoms with Gasteiger partial charge in [-0.25, -0.2) is 0 Å². The summed E-state index contributed by atoms with van der Waals surface area (Å²) in [6.07, 6.45) is 1.94. The fraction of sp³-hybridized carbons (Fsp3) is 0.333. The molecule has 1 aromatic carbocycles. The Kier molecular flexibility index (Phi) is 7.28. The van der Waals surface area contributed by atoms with Gasteiger partial charge in [-0.2, -0.15) is 0 Å². The SMILES string of the molecule is CCCCOc1ccccc1NC(=O)C(=O)NC(C)c1ccc(Cl)s1. The van der Waals surface area contributed by atoms with Crippen molar-refractivity contribution in [1.82, 2.24) is 5.32 Å². The second-order valence-corrected chi connectivity index (χ2v) is 7.24. The number of rotatable bonds is 7. The summed E-state index contributed by atoms with van der Waals surface area (Å²) in [4.78, 5) is 25.2. The molecule has 0 saturated heterocycles. The third kappa shape index (κ3) is 5.76. The number of carbonyl (C=O) groups excluding carboxylic acids is 2. The van der Waals surface area contributed by atoms with Crippen LogP contribution in [0.1, 0.15) is 37.6 Å². The number of amides is 2. The Balaban J connectivity index is 1.95. The lowest BCUT2D eigenvalue weighted by Gasteiger charge is -2.14. The third-order valence-electron chi connectivity index (χ3n) is 3.47. The summed E-state index contributed by atoms with van der Waals surface area (Å²) < 4.78 is 6.29. The number of carbonyl (C=O) groups is 2. The fourth-order valence-electron chi connectivity index (χ4n) is 2.10. The number of unbranched alkanes of at least 4 members (excludes halogenated alkanes) is 1. The maximum Gasteiger partial charge on any atom is 0.313 e. The lowest BCUT2D eigenvalue weighted by molar-refractivity contribution is -0.136. The van der Waals surface area contributed by atoms with E-state index in [4.69, 9.17) is 16.3 Å². The van der Waals surface area contributed by atoms with E-state index in [-0.39, 0.29) is 6.04 Å². The molecule has 2 rings (SSSR count). The zero-order valence-electron chi connectivity index (χ0n) is 14.2. The highest BCUT2D eigenvalue weighted by atomic mass is 35.5. The van der Waals surface area contributed by atoms with Crippen molar-refractivity contribution in [3.8, 4) is 5.75 Å². The van der Waals surface area contributed by atoms with Crippen LogP contribution in [0.2, 0.25) is 4.34 Å². The largest absolute Gasteiger partial charge is 0.491 e. The van der Waals surface area contributed by atoms with Crippen molar-refractivity contribution in [3.05, 3.63) is 45.6 Å². The summed E-state index contributed by atoms with van der Waals surface area (Å²) in [5.74, 6) is -0.892. The minimum Gasteiger partial charge on any atom is -0.491 e. The minimum absolute atomic E-state index is 0.299. The van der Waals surface area contributed by atoms with Gasteiger partial charge in [-0.3, -0.25) is 9.59 Å². The van der Waals surface area contributed by atoms with E-state index < -0.39 is 11.8 Å². The zero-order chi connectivity index (χ0) is 18.2. The first-order valence-corrected chi connectivity index (χ1v) is 9.29. The first-order valence-electron chi connectivity index (χ1n) is 8.10. The van der Waals surface area contributed by atoms with Gasteiger partial charge in [-0.1, -0.05) is 37.1 Å². The maximum atomic E-state index is 12.2. The van der Waals surface area contributed by atoms with Gasteiger partial charge in [0.25, 0.3) is 0 Å². The average Bonchev–Trinajstić information content (AvgIpc) is 3.03. The monoisotopic (exact) mass is 380 g/mol. The highest BCUT2D eigenvalue weighted by Crippen LogP contribution is 2.27. The number of ether oxygens (including phenoxy) is 1. The molecule has 5 nitrogen and oxygen atoms in total. The van der Waals surface area contributed by atoms with Gasteiger partial charge in [0, 0.05) is 4.88 Å². The summed E-state index contributed by atoms with van der Waals surface area (Å²) in [6.45, 7) is 4.43. The molecule has 0 aliphatic rings. The van der Waals surface area contributed by atoms with E-state index in [1.807, 2.05) is 12.1 Å². The molecule has 25 heavy (non-hydrogen) atoms. The summed E-state index contributed by atoms with van der Waals surface area (Å²) >= 11 is 7.26. The van der Waals surface area contributed by atoms with Gasteiger partial charge < -0.3 is 15.4 Å². The van der Waals surface area contributed by atoms with E-state index in [2.05, 4.69) is 17.6 Å². The molecule has 0 bridgehead atoms. The molecule has 2 amide bonds. The van der Waals surface area contributed by atoms with Crippen molar-refractivity contribution in [2.24, 2.45) is 0 Å². The van der Waals surface area contributed by atoms with Crippen molar-refractivity contribution in [1.29, 1.82) is 0 Å². The molecule has 0 radical (unpaired) electrons. The lowest BCUT2D eigenvalue weighted by atomic mass is 10.2. The van der Waals surface area contributed by atoms with Gasteiger partial charge in [0.05, 0.1) is 22.7 Å². The van der Waals surface area contributed by atoms with Crippen LogP contribution in [-0.4, -0.2) is 18.4 Å². The van der Waals surface area contributed by atoms with Crippen molar-refractivity contribution in [2.75, 3.05) is 11.9 Å². The van der Waals surface area contributed by atoms with Crippen LogP contribution in [0.5, 0.6) is 5.75 Å². The number of anilines is 1. The molecule has 7 heteroatoms. The predicted octanol–water partition coefficient (Wildman–Crippen LogP) is 4.40. The van der Waals surface area contributed by atoms with Crippen LogP contribution in [-0.2, 0) is 9.59 Å². The van der Waals surface area contributed by atoms with Gasteiger partial charge in [-0.15, -0.1) is 11.3 Å². The molecule has 1 heterocycles. The molecule has 0 saturated carbocycles. The molecular formula is C18H21ClN2O3S. The highest BCUT2D eigenvalue weighted by Gasteiger charge is 2.19. The number of hydrogen-bond acceptors (Lipinski definition) is 4. The van der Waals surface area contributed by atoms with E-state index >= 15 is 0 Å². The number of nitrogens with one attached hydrogen (secondary N) is 2. The summed E-state index contributed by atoms with van der Waals surface area (Å²) in [5, 5.41) is 5.26. The lowest BCUT2D eigenvalue weighted by Crippen LogP contribution is -2.36. The van der Waals surface area contributed by atoms with Gasteiger partial charge in [0.2, 0.25) is 0 Å². The average molecular weight is 381 g/mol. The van der Waals surface area contributed by atoms with Crippen LogP contribution >= 0.6 is 22.9 Å². The number of halogens is 1. The van der Waals surface area contributed by atoms with Crippen LogP contribution in [0.3, 0.4) is 0 Å². The van der Waals surface area contributed by atoms with Crippen LogP contribution in [0.15, 0.2) is 36.4 Å². The second kappa shape index (κ2) is 9.44. The standard InChI is InChI=1S/C18H21ClN2O3S/c1-3-4-11-24-14-8-6-5-7-13(14)21-18(23)17(22)20-12(2)15-9-10-16(19)25-15/h5-10,12H,3-4,11H2,1-2H3,(H,20,22)(H,21,23). The fourth-order valence-corrected chi connectivity index (χ4v) is 3.16. The van der Waals surface area contributed by atoms with Gasteiger partial charge in [-0.05, 0) is 37.6 Å². The molecule has 1 aromatic heterocycles. The molecule has 134 valence electrons. The minimum atomic E-state index is -0.735. The Bertz CT molecular complexity index is 733. The zero-order valence-corrected chi connectivity index (χ0v) is 15.7.